The van der Waals surface area contributed by atoms with Crippen LogP contribution in [0.25, 0.3) is 17.0 Å². The van der Waals surface area contributed by atoms with Crippen molar-refractivity contribution in [3.8, 4) is 0 Å². The van der Waals surface area contributed by atoms with Gasteiger partial charge in [0.25, 0.3) is 0 Å². The maximum atomic E-state index is 12.4. The Bertz CT molecular complexity index is 1260. The van der Waals surface area contributed by atoms with Crippen LogP contribution >= 0.6 is 0 Å². The van der Waals surface area contributed by atoms with Crippen molar-refractivity contribution in [3.63, 3.8) is 0 Å². The third-order valence-corrected chi connectivity index (χ3v) is 4.55. The van der Waals surface area contributed by atoms with Gasteiger partial charge in [0, 0.05) is 29.9 Å². The molecule has 0 saturated heterocycles. The molecule has 7 heteroatoms. The van der Waals surface area contributed by atoms with E-state index in [1.807, 2.05) is 43.4 Å². The number of ketones is 1. The molecule has 0 atom stereocenters. The summed E-state index contributed by atoms with van der Waals surface area (Å²) in [5, 5.41) is 3.67. The first kappa shape index (κ1) is 20.0. The fraction of sp³-hybridized carbons (Fsp3) is 0.0833. The lowest BCUT2D eigenvalue weighted by atomic mass is 10.1. The third-order valence-electron chi connectivity index (χ3n) is 4.55. The van der Waals surface area contributed by atoms with E-state index in [1.54, 1.807) is 47.4 Å². The van der Waals surface area contributed by atoms with E-state index < -0.39 is 6.09 Å². The molecule has 154 valence electrons. The highest BCUT2D eigenvalue weighted by atomic mass is 16.5. The highest BCUT2D eigenvalue weighted by molar-refractivity contribution is 6.07. The monoisotopic (exact) mass is 412 g/mol. The molecule has 0 aliphatic rings. The van der Waals surface area contributed by atoms with Gasteiger partial charge in [0.1, 0.15) is 6.61 Å². The Balaban J connectivity index is 1.33. The second kappa shape index (κ2) is 9.04. The van der Waals surface area contributed by atoms with E-state index in [4.69, 9.17) is 4.74 Å². The molecule has 2 aromatic heterocycles. The first-order valence-corrected chi connectivity index (χ1v) is 9.66. The molecular formula is C24H20N4O3. The van der Waals surface area contributed by atoms with Gasteiger partial charge in [-0.15, -0.1) is 0 Å². The molecule has 7 nitrogen and oxygen atoms in total. The molecule has 0 unspecified atom stereocenters. The average molecular weight is 412 g/mol. The zero-order valence-electron chi connectivity index (χ0n) is 16.9. The molecular weight excluding hydrogens is 392 g/mol. The van der Waals surface area contributed by atoms with Crippen molar-refractivity contribution in [2.45, 2.75) is 6.61 Å². The van der Waals surface area contributed by atoms with Crippen LogP contribution in [0.5, 0.6) is 0 Å². The predicted octanol–water partition coefficient (Wildman–Crippen LogP) is 4.61. The highest BCUT2D eigenvalue weighted by Gasteiger charge is 2.07. The molecule has 2 heterocycles. The van der Waals surface area contributed by atoms with Gasteiger partial charge in [-0.1, -0.05) is 24.3 Å². The minimum absolute atomic E-state index is 0.0802. The quantitative estimate of drug-likeness (QED) is 0.369. The van der Waals surface area contributed by atoms with Crippen LogP contribution in [0.4, 0.5) is 10.5 Å². The molecule has 1 amide bonds. The summed E-state index contributed by atoms with van der Waals surface area (Å²) in [4.78, 5) is 33.0. The van der Waals surface area contributed by atoms with E-state index in [-0.39, 0.29) is 12.4 Å². The van der Waals surface area contributed by atoms with E-state index in [9.17, 15) is 9.59 Å². The number of carbonyl (C=O) groups is 2. The van der Waals surface area contributed by atoms with Gasteiger partial charge in [0.2, 0.25) is 0 Å². The largest absolute Gasteiger partial charge is 0.443 e. The number of nitrogens with zero attached hydrogens (tertiary/aromatic N) is 3. The van der Waals surface area contributed by atoms with E-state index in [0.717, 1.165) is 10.9 Å². The maximum Gasteiger partial charge on any atom is 0.412 e. The van der Waals surface area contributed by atoms with Gasteiger partial charge in [-0.2, -0.15) is 0 Å². The summed E-state index contributed by atoms with van der Waals surface area (Å²) in [6.45, 7) is 0.0802. The van der Waals surface area contributed by atoms with Crippen LogP contribution in [0.15, 0.2) is 79.3 Å². The van der Waals surface area contributed by atoms with Crippen LogP contribution < -0.4 is 5.32 Å². The van der Waals surface area contributed by atoms with Crippen molar-refractivity contribution in [1.82, 2.24) is 14.5 Å². The molecule has 31 heavy (non-hydrogen) atoms. The van der Waals surface area contributed by atoms with Crippen LogP contribution in [0.3, 0.4) is 0 Å². The molecule has 4 aromatic rings. The van der Waals surface area contributed by atoms with Gasteiger partial charge in [-0.25, -0.2) is 14.8 Å². The number of fused-ring (bicyclic) bond motifs is 1. The Morgan fingerprint density at radius 3 is 2.65 bits per heavy atom. The first-order chi connectivity index (χ1) is 15.1. The number of pyridine rings is 1. The molecule has 2 aromatic carbocycles. The van der Waals surface area contributed by atoms with Crippen LogP contribution in [-0.2, 0) is 18.4 Å². The average Bonchev–Trinajstić information content (AvgIpc) is 3.21. The normalized spacial score (nSPS) is 11.0. The van der Waals surface area contributed by atoms with Crippen molar-refractivity contribution in [2.24, 2.45) is 7.05 Å². The number of aryl methyl sites for hydroxylation is 1. The molecule has 1 N–H and O–H groups in total. The summed E-state index contributed by atoms with van der Waals surface area (Å²) in [5.74, 6) is -0.153. The number of hydrogen-bond acceptors (Lipinski definition) is 5. The lowest BCUT2D eigenvalue weighted by Crippen LogP contribution is -2.13. The van der Waals surface area contributed by atoms with E-state index in [1.165, 1.54) is 6.08 Å². The van der Waals surface area contributed by atoms with Crippen molar-refractivity contribution in [3.05, 3.63) is 96.2 Å². The standard InChI is InChI=1S/C24H20N4O3/c1-28-14-21(25-16-28)15-31-24(30)27-20-10-7-18(8-11-20)23(29)13-12-19-9-6-17-4-2-3-5-22(17)26-19/h2-14,16H,15H2,1H3,(H,27,30). The number of hydrogen-bond donors (Lipinski definition) is 1. The van der Waals surface area contributed by atoms with E-state index in [0.29, 0.717) is 22.6 Å². The van der Waals surface area contributed by atoms with Crippen LogP contribution in [-0.4, -0.2) is 26.4 Å². The van der Waals surface area contributed by atoms with Gasteiger partial charge in [-0.3, -0.25) is 10.1 Å². The Labute approximate surface area is 179 Å². The molecule has 0 saturated carbocycles. The van der Waals surface area contributed by atoms with Gasteiger partial charge in [0.05, 0.1) is 23.2 Å². The molecule has 0 spiro atoms. The van der Waals surface area contributed by atoms with Crippen LogP contribution in [0.1, 0.15) is 21.7 Å². The number of amides is 1. The highest BCUT2D eigenvalue weighted by Crippen LogP contribution is 2.14. The molecule has 0 aliphatic carbocycles. The van der Waals surface area contributed by atoms with Gasteiger partial charge >= 0.3 is 6.09 Å². The molecule has 4 rings (SSSR count). The fourth-order valence-corrected chi connectivity index (χ4v) is 2.98. The van der Waals surface area contributed by atoms with Crippen molar-refractivity contribution in [2.75, 3.05) is 5.32 Å². The number of imidazole rings is 1. The summed E-state index contributed by atoms with van der Waals surface area (Å²) >= 11 is 0. The minimum atomic E-state index is -0.591. The molecule has 0 radical (unpaired) electrons. The second-order valence-corrected chi connectivity index (χ2v) is 6.94. The summed E-state index contributed by atoms with van der Waals surface area (Å²) < 4.78 is 6.90. The fourth-order valence-electron chi connectivity index (χ4n) is 2.98. The predicted molar refractivity (Wildman–Crippen MR) is 119 cm³/mol. The Kier molecular flexibility index (Phi) is 5.84. The Morgan fingerprint density at radius 2 is 1.87 bits per heavy atom. The summed E-state index contributed by atoms with van der Waals surface area (Å²) in [5.41, 5.74) is 3.28. The van der Waals surface area contributed by atoms with Crippen molar-refractivity contribution < 1.29 is 14.3 Å². The summed E-state index contributed by atoms with van der Waals surface area (Å²) in [6.07, 6.45) is 5.99. The number of aromatic nitrogens is 3. The van der Waals surface area contributed by atoms with Crippen molar-refractivity contribution in [1.29, 1.82) is 0 Å². The second-order valence-electron chi connectivity index (χ2n) is 6.94. The SMILES string of the molecule is Cn1cnc(COC(=O)Nc2ccc(C(=O)C=Cc3ccc4ccccc4n3)cc2)c1. The molecule has 0 bridgehead atoms. The number of benzene rings is 2. The zero-order valence-corrected chi connectivity index (χ0v) is 16.9. The number of rotatable bonds is 6. The van der Waals surface area contributed by atoms with Crippen molar-refractivity contribution >= 4 is 34.5 Å². The number of ether oxygens (including phenoxy) is 1. The van der Waals surface area contributed by atoms with Crippen LogP contribution in [0, 0.1) is 0 Å². The zero-order chi connectivity index (χ0) is 21.6. The van der Waals surface area contributed by atoms with Gasteiger partial charge in [-0.05, 0) is 48.6 Å². The van der Waals surface area contributed by atoms with Gasteiger partial charge < -0.3 is 9.30 Å². The van der Waals surface area contributed by atoms with E-state index >= 15 is 0 Å². The lowest BCUT2D eigenvalue weighted by Gasteiger charge is -2.06. The molecule has 0 aliphatic heterocycles. The number of carbonyl (C=O) groups excluding carboxylic acids is 2. The van der Waals surface area contributed by atoms with Crippen LogP contribution in [0.2, 0.25) is 0 Å². The van der Waals surface area contributed by atoms with E-state index in [2.05, 4.69) is 15.3 Å². The molecule has 0 fully saturated rings. The number of anilines is 1. The number of nitrogens with one attached hydrogen (secondary N) is 1. The Hall–Kier alpha value is -4.26. The third kappa shape index (κ3) is 5.22. The Morgan fingerprint density at radius 1 is 1.06 bits per heavy atom. The first-order valence-electron chi connectivity index (χ1n) is 9.66. The maximum absolute atomic E-state index is 12.4. The summed E-state index contributed by atoms with van der Waals surface area (Å²) in [6, 6.07) is 18.3. The number of para-hydroxylation sites is 1. The number of allylic oxidation sites excluding steroid dienone is 1. The van der Waals surface area contributed by atoms with Gasteiger partial charge in [0.15, 0.2) is 5.78 Å². The lowest BCUT2D eigenvalue weighted by molar-refractivity contribution is 0.104. The minimum Gasteiger partial charge on any atom is -0.443 e. The smallest absolute Gasteiger partial charge is 0.412 e. The summed E-state index contributed by atoms with van der Waals surface area (Å²) in [7, 11) is 1.84. The topological polar surface area (TPSA) is 86.1 Å².